The number of furan rings is 1. The lowest BCUT2D eigenvalue weighted by molar-refractivity contribution is 0.673. The third kappa shape index (κ3) is 5.30. The highest BCUT2D eigenvalue weighted by Crippen LogP contribution is 2.49. The summed E-state index contributed by atoms with van der Waals surface area (Å²) in [6, 6.07) is 79.3. The standard InChI is InChI=1S/C58H36N2OS/c1-2-15-38(16-3-1)56-46(47-22-13-26-53-57(47)48-34-28-37-14-4-5-17-42(37)58(48)61-53)21-12-25-52(56)59(41-33-35-55-49(36-41)45-20-8-11-27-54(45)62-55)39-29-31-40(32-30-39)60-50-23-9-6-18-43(50)44-19-7-10-24-51(44)60/h1-36H. The van der Waals surface area contributed by atoms with E-state index in [9.17, 15) is 0 Å². The number of nitrogens with zero attached hydrogens (tertiary/aromatic N) is 2. The fraction of sp³-hybridized carbons (Fsp3) is 0. The van der Waals surface area contributed by atoms with E-state index in [0.29, 0.717) is 0 Å². The summed E-state index contributed by atoms with van der Waals surface area (Å²) in [7, 11) is 0. The minimum Gasteiger partial charge on any atom is -0.455 e. The number of anilines is 3. The Morgan fingerprint density at radius 3 is 1.87 bits per heavy atom. The highest BCUT2D eigenvalue weighted by Gasteiger charge is 2.24. The summed E-state index contributed by atoms with van der Waals surface area (Å²) in [4.78, 5) is 2.45. The van der Waals surface area contributed by atoms with Crippen LogP contribution in [0, 0.1) is 0 Å². The van der Waals surface area contributed by atoms with E-state index in [1.807, 2.05) is 11.3 Å². The molecule has 0 bridgehead atoms. The van der Waals surface area contributed by atoms with E-state index < -0.39 is 0 Å². The van der Waals surface area contributed by atoms with Gasteiger partial charge in [0.2, 0.25) is 0 Å². The monoisotopic (exact) mass is 808 g/mol. The molecule has 0 aliphatic heterocycles. The van der Waals surface area contributed by atoms with Crippen molar-refractivity contribution in [2.24, 2.45) is 0 Å². The molecular formula is C58H36N2OS. The third-order valence-corrected chi connectivity index (χ3v) is 13.7. The van der Waals surface area contributed by atoms with Crippen LogP contribution in [0.2, 0.25) is 0 Å². The summed E-state index contributed by atoms with van der Waals surface area (Å²) >= 11 is 1.85. The van der Waals surface area contributed by atoms with E-state index in [1.54, 1.807) is 0 Å². The van der Waals surface area contributed by atoms with Crippen LogP contribution in [-0.2, 0) is 0 Å². The molecule has 0 unspecified atom stereocenters. The van der Waals surface area contributed by atoms with Crippen LogP contribution in [0.3, 0.4) is 0 Å². The maximum atomic E-state index is 6.74. The Hall–Kier alpha value is -7.92. The Labute approximate surface area is 361 Å². The molecule has 0 amide bonds. The maximum Gasteiger partial charge on any atom is 0.143 e. The van der Waals surface area contributed by atoms with E-state index >= 15 is 0 Å². The van der Waals surface area contributed by atoms with Crippen LogP contribution in [-0.4, -0.2) is 4.57 Å². The Kier molecular flexibility index (Phi) is 7.78. The van der Waals surface area contributed by atoms with Crippen LogP contribution in [0.25, 0.3) is 103 Å². The summed E-state index contributed by atoms with van der Waals surface area (Å²) < 4.78 is 11.7. The highest BCUT2D eigenvalue weighted by atomic mass is 32.1. The van der Waals surface area contributed by atoms with Gasteiger partial charge in [-0.15, -0.1) is 11.3 Å². The van der Waals surface area contributed by atoms with Crippen molar-refractivity contribution in [2.75, 3.05) is 4.90 Å². The number of para-hydroxylation sites is 2. The van der Waals surface area contributed by atoms with Crippen molar-refractivity contribution in [1.82, 2.24) is 4.57 Å². The first kappa shape index (κ1) is 34.9. The second-order valence-corrected chi connectivity index (χ2v) is 17.1. The van der Waals surface area contributed by atoms with Crippen molar-refractivity contribution in [3.8, 4) is 27.9 Å². The third-order valence-electron chi connectivity index (χ3n) is 12.6. The summed E-state index contributed by atoms with van der Waals surface area (Å²) in [5.41, 5.74) is 13.1. The van der Waals surface area contributed by atoms with E-state index in [-0.39, 0.29) is 0 Å². The van der Waals surface area contributed by atoms with Crippen molar-refractivity contribution in [3.63, 3.8) is 0 Å². The van der Waals surface area contributed by atoms with Gasteiger partial charge < -0.3 is 13.9 Å². The quantitative estimate of drug-likeness (QED) is 0.167. The van der Waals surface area contributed by atoms with Gasteiger partial charge in [-0.1, -0.05) is 140 Å². The Morgan fingerprint density at radius 2 is 1.06 bits per heavy atom. The topological polar surface area (TPSA) is 21.3 Å². The predicted octanol–water partition coefficient (Wildman–Crippen LogP) is 17.0. The normalized spacial score (nSPS) is 11.9. The van der Waals surface area contributed by atoms with Crippen molar-refractivity contribution in [3.05, 3.63) is 218 Å². The Morgan fingerprint density at radius 1 is 0.419 bits per heavy atom. The summed E-state index contributed by atoms with van der Waals surface area (Å²) in [6.07, 6.45) is 0. The fourth-order valence-corrected chi connectivity index (χ4v) is 11.0. The van der Waals surface area contributed by atoms with Gasteiger partial charge in [-0.2, -0.15) is 0 Å². The molecule has 3 nitrogen and oxygen atoms in total. The molecule has 0 atom stereocenters. The van der Waals surface area contributed by atoms with Crippen LogP contribution in [0.15, 0.2) is 223 Å². The lowest BCUT2D eigenvalue weighted by atomic mass is 9.89. The van der Waals surface area contributed by atoms with Gasteiger partial charge >= 0.3 is 0 Å². The second-order valence-electron chi connectivity index (χ2n) is 16.0. The number of aromatic nitrogens is 1. The van der Waals surface area contributed by atoms with Gasteiger partial charge in [-0.3, -0.25) is 0 Å². The fourth-order valence-electron chi connectivity index (χ4n) is 9.87. The largest absolute Gasteiger partial charge is 0.455 e. The Balaban J connectivity index is 1.07. The zero-order valence-corrected chi connectivity index (χ0v) is 34.3. The summed E-state index contributed by atoms with van der Waals surface area (Å²) in [5.74, 6) is 0. The zero-order chi connectivity index (χ0) is 40.7. The molecule has 13 aromatic rings. The SMILES string of the molecule is c1ccc(-c2c(-c3cccc4oc5c6ccccc6ccc5c34)cccc2N(c2ccc(-n3c4ccccc4c4ccccc43)cc2)c2ccc3sc4ccccc4c3c2)cc1. The van der Waals surface area contributed by atoms with E-state index in [4.69, 9.17) is 4.42 Å². The molecule has 13 rings (SSSR count). The number of fused-ring (bicyclic) bond motifs is 11. The molecule has 10 aromatic carbocycles. The molecule has 0 N–H and O–H groups in total. The van der Waals surface area contributed by atoms with Crippen LogP contribution in [0.4, 0.5) is 17.1 Å². The van der Waals surface area contributed by atoms with Gasteiger partial charge in [-0.05, 0) is 101 Å². The van der Waals surface area contributed by atoms with Gasteiger partial charge in [0.05, 0.1) is 16.7 Å². The van der Waals surface area contributed by atoms with Gasteiger partial charge in [0, 0.05) is 69.7 Å². The van der Waals surface area contributed by atoms with Crippen LogP contribution in [0.5, 0.6) is 0 Å². The van der Waals surface area contributed by atoms with E-state index in [1.165, 1.54) is 47.4 Å². The van der Waals surface area contributed by atoms with Gasteiger partial charge in [0.25, 0.3) is 0 Å². The molecule has 0 spiro atoms. The predicted molar refractivity (Wildman–Crippen MR) is 264 cm³/mol. The lowest BCUT2D eigenvalue weighted by Crippen LogP contribution is -2.12. The number of benzene rings is 10. The molecule has 3 heterocycles. The average Bonchev–Trinajstić information content (AvgIpc) is 4.02. The minimum absolute atomic E-state index is 0.880. The van der Waals surface area contributed by atoms with E-state index in [2.05, 4.69) is 228 Å². The molecule has 0 radical (unpaired) electrons. The van der Waals surface area contributed by atoms with Gasteiger partial charge in [-0.25, -0.2) is 0 Å². The second kappa shape index (κ2) is 13.8. The molecule has 290 valence electrons. The smallest absolute Gasteiger partial charge is 0.143 e. The molecule has 0 aliphatic rings. The number of thiophene rings is 1. The molecule has 0 saturated carbocycles. The van der Waals surface area contributed by atoms with Crippen molar-refractivity contribution >= 4 is 103 Å². The minimum atomic E-state index is 0.880. The average molecular weight is 809 g/mol. The van der Waals surface area contributed by atoms with Gasteiger partial charge in [0.15, 0.2) is 0 Å². The highest BCUT2D eigenvalue weighted by molar-refractivity contribution is 7.25. The Bertz CT molecular complexity index is 3820. The van der Waals surface area contributed by atoms with E-state index in [0.717, 1.165) is 72.3 Å². The first-order valence-corrected chi connectivity index (χ1v) is 21.9. The molecule has 62 heavy (non-hydrogen) atoms. The summed E-state index contributed by atoms with van der Waals surface area (Å²) in [6.45, 7) is 0. The number of hydrogen-bond acceptors (Lipinski definition) is 3. The summed E-state index contributed by atoms with van der Waals surface area (Å²) in [5, 5.41) is 9.57. The number of rotatable bonds is 6. The first-order valence-electron chi connectivity index (χ1n) is 21.1. The van der Waals surface area contributed by atoms with Crippen LogP contribution in [0.1, 0.15) is 0 Å². The van der Waals surface area contributed by atoms with Gasteiger partial charge in [0.1, 0.15) is 11.2 Å². The maximum absolute atomic E-state index is 6.74. The van der Waals surface area contributed by atoms with Crippen LogP contribution < -0.4 is 4.90 Å². The lowest BCUT2D eigenvalue weighted by Gasteiger charge is -2.29. The van der Waals surface area contributed by atoms with Crippen molar-refractivity contribution in [2.45, 2.75) is 0 Å². The van der Waals surface area contributed by atoms with Crippen LogP contribution >= 0.6 is 11.3 Å². The molecule has 3 aromatic heterocycles. The molecule has 0 saturated heterocycles. The molecular weight excluding hydrogens is 773 g/mol. The molecule has 4 heteroatoms. The zero-order valence-electron chi connectivity index (χ0n) is 33.5. The molecule has 0 fully saturated rings. The number of hydrogen-bond donors (Lipinski definition) is 0. The first-order chi connectivity index (χ1) is 30.8. The van der Waals surface area contributed by atoms with Crippen molar-refractivity contribution in [1.29, 1.82) is 0 Å². The molecule has 0 aliphatic carbocycles. The van der Waals surface area contributed by atoms with Crippen molar-refractivity contribution < 1.29 is 4.42 Å².